The summed E-state index contributed by atoms with van der Waals surface area (Å²) in [7, 11) is 0. The predicted octanol–water partition coefficient (Wildman–Crippen LogP) is 3.04. The fraction of sp³-hybridized carbons (Fsp3) is 0.375. The van der Waals surface area contributed by atoms with E-state index in [1.54, 1.807) is 18.2 Å². The van der Waals surface area contributed by atoms with E-state index in [4.69, 9.17) is 4.52 Å². The zero-order valence-electron chi connectivity index (χ0n) is 13.0. The minimum absolute atomic E-state index is 0.151. The number of nitrogens with one attached hydrogen (secondary N) is 2. The van der Waals surface area contributed by atoms with Crippen LogP contribution in [0.1, 0.15) is 32.1 Å². The number of phenolic OH excluding ortho intramolecular Hbond substituents is 1. The average molecular weight is 303 g/mol. The Labute approximate surface area is 129 Å². The van der Waals surface area contributed by atoms with Gasteiger partial charge in [0.25, 0.3) is 0 Å². The molecule has 1 aromatic carbocycles. The molecule has 1 heterocycles. The number of aromatic hydroxyl groups is 1. The van der Waals surface area contributed by atoms with Crippen molar-refractivity contribution in [3.63, 3.8) is 0 Å². The van der Waals surface area contributed by atoms with E-state index in [0.29, 0.717) is 24.5 Å². The summed E-state index contributed by atoms with van der Waals surface area (Å²) in [5.41, 5.74) is 0.886. The molecule has 0 radical (unpaired) electrons. The van der Waals surface area contributed by atoms with Gasteiger partial charge in [-0.25, -0.2) is 4.79 Å². The number of rotatable bonds is 4. The fourth-order valence-electron chi connectivity index (χ4n) is 1.83. The van der Waals surface area contributed by atoms with Crippen LogP contribution in [0.25, 0.3) is 0 Å². The van der Waals surface area contributed by atoms with E-state index >= 15 is 0 Å². The quantitative estimate of drug-likeness (QED) is 0.810. The lowest BCUT2D eigenvalue weighted by Crippen LogP contribution is -2.30. The van der Waals surface area contributed by atoms with Crippen LogP contribution in [0.2, 0.25) is 0 Å². The smallest absolute Gasteiger partial charge is 0.320 e. The first-order valence-corrected chi connectivity index (χ1v) is 7.14. The first kappa shape index (κ1) is 15.9. The number of carbonyl (C=O) groups is 1. The van der Waals surface area contributed by atoms with Crippen molar-refractivity contribution in [3.8, 4) is 5.75 Å². The maximum atomic E-state index is 11.8. The fourth-order valence-corrected chi connectivity index (χ4v) is 1.83. The second-order valence-electron chi connectivity index (χ2n) is 6.12. The minimum Gasteiger partial charge on any atom is -0.508 e. The summed E-state index contributed by atoms with van der Waals surface area (Å²) in [5, 5.41) is 18.4. The summed E-state index contributed by atoms with van der Waals surface area (Å²) < 4.78 is 5.20. The van der Waals surface area contributed by atoms with Crippen molar-refractivity contribution in [2.24, 2.45) is 0 Å². The SMILES string of the molecule is CC(C)(C)c1cc(NC(=O)NCCc2ccc(O)cc2)no1. The number of hydrogen-bond donors (Lipinski definition) is 3. The number of urea groups is 1. The molecule has 2 amide bonds. The number of phenols is 1. The number of amides is 2. The number of aromatic nitrogens is 1. The first-order valence-electron chi connectivity index (χ1n) is 7.14. The summed E-state index contributed by atoms with van der Waals surface area (Å²) >= 11 is 0. The Hall–Kier alpha value is -2.50. The standard InChI is InChI=1S/C16H21N3O3/c1-16(2,3)13-10-14(19-22-13)18-15(21)17-9-8-11-4-6-12(20)7-5-11/h4-7,10,20H,8-9H2,1-3H3,(H2,17,18,19,21). The Morgan fingerprint density at radius 3 is 2.55 bits per heavy atom. The zero-order chi connectivity index (χ0) is 16.2. The average Bonchev–Trinajstić information content (AvgIpc) is 2.89. The molecule has 0 bridgehead atoms. The molecule has 0 aliphatic rings. The van der Waals surface area contributed by atoms with Crippen LogP contribution in [-0.4, -0.2) is 22.8 Å². The van der Waals surface area contributed by atoms with E-state index in [9.17, 15) is 9.90 Å². The first-order chi connectivity index (χ1) is 10.3. The van der Waals surface area contributed by atoms with Crippen molar-refractivity contribution in [1.82, 2.24) is 10.5 Å². The molecule has 0 spiro atoms. The van der Waals surface area contributed by atoms with Gasteiger partial charge in [0.15, 0.2) is 5.82 Å². The highest BCUT2D eigenvalue weighted by Crippen LogP contribution is 2.24. The largest absolute Gasteiger partial charge is 0.508 e. The number of anilines is 1. The Morgan fingerprint density at radius 2 is 1.95 bits per heavy atom. The van der Waals surface area contributed by atoms with Crippen LogP contribution in [0.4, 0.5) is 10.6 Å². The Morgan fingerprint density at radius 1 is 1.27 bits per heavy atom. The molecule has 6 nitrogen and oxygen atoms in total. The summed E-state index contributed by atoms with van der Waals surface area (Å²) in [6.45, 7) is 6.51. The van der Waals surface area contributed by atoms with Gasteiger partial charge in [-0.1, -0.05) is 38.1 Å². The van der Waals surface area contributed by atoms with Gasteiger partial charge >= 0.3 is 6.03 Å². The maximum Gasteiger partial charge on any atom is 0.320 e. The molecule has 22 heavy (non-hydrogen) atoms. The Bertz CT molecular complexity index is 627. The molecule has 0 aliphatic heterocycles. The zero-order valence-corrected chi connectivity index (χ0v) is 13.0. The summed E-state index contributed by atoms with van der Waals surface area (Å²) in [4.78, 5) is 11.8. The highest BCUT2D eigenvalue weighted by Gasteiger charge is 2.20. The van der Waals surface area contributed by atoms with Crippen molar-refractivity contribution in [1.29, 1.82) is 0 Å². The molecular weight excluding hydrogens is 282 g/mol. The van der Waals surface area contributed by atoms with Crippen LogP contribution in [0.5, 0.6) is 5.75 Å². The molecule has 0 saturated heterocycles. The molecule has 0 saturated carbocycles. The lowest BCUT2D eigenvalue weighted by Gasteiger charge is -2.12. The van der Waals surface area contributed by atoms with E-state index in [1.807, 2.05) is 32.9 Å². The van der Waals surface area contributed by atoms with E-state index in [2.05, 4.69) is 15.8 Å². The van der Waals surface area contributed by atoms with Crippen molar-refractivity contribution in [3.05, 3.63) is 41.7 Å². The van der Waals surface area contributed by atoms with E-state index in [1.165, 1.54) is 0 Å². The number of hydrogen-bond acceptors (Lipinski definition) is 4. The predicted molar refractivity (Wildman–Crippen MR) is 84.0 cm³/mol. The molecule has 118 valence electrons. The van der Waals surface area contributed by atoms with E-state index in [0.717, 1.165) is 5.56 Å². The van der Waals surface area contributed by atoms with Crippen molar-refractivity contribution >= 4 is 11.8 Å². The molecule has 2 rings (SSSR count). The third-order valence-electron chi connectivity index (χ3n) is 3.13. The maximum absolute atomic E-state index is 11.8. The highest BCUT2D eigenvalue weighted by atomic mass is 16.5. The van der Waals surface area contributed by atoms with Crippen LogP contribution in [0, 0.1) is 0 Å². The molecule has 0 aliphatic carbocycles. The third kappa shape index (κ3) is 4.51. The number of benzene rings is 1. The minimum atomic E-state index is -0.326. The molecule has 0 fully saturated rings. The van der Waals surface area contributed by atoms with E-state index in [-0.39, 0.29) is 17.2 Å². The van der Waals surface area contributed by atoms with Crippen LogP contribution in [0.15, 0.2) is 34.9 Å². The van der Waals surface area contributed by atoms with Crippen molar-refractivity contribution < 1.29 is 14.4 Å². The lowest BCUT2D eigenvalue weighted by molar-refractivity contribution is 0.252. The summed E-state index contributed by atoms with van der Waals surface area (Å²) in [6, 6.07) is 8.29. The highest BCUT2D eigenvalue weighted by molar-refractivity contribution is 5.88. The molecule has 0 unspecified atom stereocenters. The molecular formula is C16H21N3O3. The molecule has 2 aromatic rings. The van der Waals surface area contributed by atoms with Crippen LogP contribution >= 0.6 is 0 Å². The summed E-state index contributed by atoms with van der Waals surface area (Å²) in [5.74, 6) is 1.34. The van der Waals surface area contributed by atoms with Crippen molar-refractivity contribution in [2.75, 3.05) is 11.9 Å². The van der Waals surface area contributed by atoms with Gasteiger partial charge in [0.1, 0.15) is 11.5 Å². The number of nitrogens with zero attached hydrogens (tertiary/aromatic N) is 1. The molecule has 6 heteroatoms. The van der Waals surface area contributed by atoms with Crippen LogP contribution in [0.3, 0.4) is 0 Å². The van der Waals surface area contributed by atoms with Gasteiger partial charge in [-0.2, -0.15) is 0 Å². The summed E-state index contributed by atoms with van der Waals surface area (Å²) in [6.07, 6.45) is 0.680. The van der Waals surface area contributed by atoms with Crippen LogP contribution < -0.4 is 10.6 Å². The normalized spacial score (nSPS) is 11.2. The molecule has 3 N–H and O–H groups in total. The molecule has 0 atom stereocenters. The molecule has 1 aromatic heterocycles. The second kappa shape index (κ2) is 6.51. The monoisotopic (exact) mass is 303 g/mol. The van der Waals surface area contributed by atoms with Gasteiger partial charge < -0.3 is 14.9 Å². The van der Waals surface area contributed by atoms with Gasteiger partial charge in [-0.05, 0) is 24.1 Å². The lowest BCUT2D eigenvalue weighted by atomic mass is 9.93. The third-order valence-corrected chi connectivity index (χ3v) is 3.13. The van der Waals surface area contributed by atoms with Gasteiger partial charge in [0.2, 0.25) is 0 Å². The van der Waals surface area contributed by atoms with Crippen LogP contribution in [-0.2, 0) is 11.8 Å². The van der Waals surface area contributed by atoms with Gasteiger partial charge in [-0.15, -0.1) is 0 Å². The number of carbonyl (C=O) groups excluding carboxylic acids is 1. The van der Waals surface area contributed by atoms with Gasteiger partial charge in [-0.3, -0.25) is 5.32 Å². The van der Waals surface area contributed by atoms with Crippen molar-refractivity contribution in [2.45, 2.75) is 32.6 Å². The second-order valence-corrected chi connectivity index (χ2v) is 6.12. The Kier molecular flexibility index (Phi) is 4.70. The Balaban J connectivity index is 1.78. The van der Waals surface area contributed by atoms with Gasteiger partial charge in [0.05, 0.1) is 0 Å². The topological polar surface area (TPSA) is 87.4 Å². The van der Waals surface area contributed by atoms with E-state index < -0.39 is 0 Å². The van der Waals surface area contributed by atoms with Gasteiger partial charge in [0, 0.05) is 18.0 Å².